The first kappa shape index (κ1) is 9.94. The lowest BCUT2D eigenvalue weighted by molar-refractivity contribution is 0.401. The summed E-state index contributed by atoms with van der Waals surface area (Å²) in [5, 5.41) is 0. The number of nitrogens with zero attached hydrogens (tertiary/aromatic N) is 1. The summed E-state index contributed by atoms with van der Waals surface area (Å²) in [7, 11) is 1.66. The van der Waals surface area contributed by atoms with Gasteiger partial charge in [-0.25, -0.2) is 6.57 Å². The summed E-state index contributed by atoms with van der Waals surface area (Å²) in [4.78, 5) is 4.33. The van der Waals surface area contributed by atoms with Crippen LogP contribution in [0.2, 0.25) is 0 Å². The quantitative estimate of drug-likeness (QED) is 0.541. The van der Waals surface area contributed by atoms with E-state index >= 15 is 0 Å². The first-order valence-corrected chi connectivity index (χ1v) is 4.87. The van der Waals surface area contributed by atoms with Crippen LogP contribution >= 0.6 is 11.8 Å². The highest BCUT2D eigenvalue weighted by Gasteiger charge is 2.06. The van der Waals surface area contributed by atoms with E-state index in [9.17, 15) is 0 Å². The predicted molar refractivity (Wildman–Crippen MR) is 55.1 cm³/mol. The van der Waals surface area contributed by atoms with Crippen molar-refractivity contribution in [2.75, 3.05) is 13.0 Å². The summed E-state index contributed by atoms with van der Waals surface area (Å²) in [5.74, 6) is 1.33. The van der Waals surface area contributed by atoms with E-state index in [1.54, 1.807) is 7.11 Å². The van der Waals surface area contributed by atoms with Gasteiger partial charge in [-0.15, -0.1) is 0 Å². The van der Waals surface area contributed by atoms with Crippen molar-refractivity contribution < 1.29 is 4.74 Å². The zero-order valence-corrected chi connectivity index (χ0v) is 8.52. The monoisotopic (exact) mass is 193 g/mol. The molecule has 0 saturated carbocycles. The molecule has 0 spiro atoms. The normalized spacial score (nSPS) is 9.31. The maximum Gasteiger partial charge on any atom is 0.264 e. The van der Waals surface area contributed by atoms with Gasteiger partial charge in [0, 0.05) is 0 Å². The molecule has 0 aliphatic carbocycles. The van der Waals surface area contributed by atoms with Crippen LogP contribution in [-0.4, -0.2) is 13.0 Å². The summed E-state index contributed by atoms with van der Waals surface area (Å²) in [6.45, 7) is 8.70. The Kier molecular flexibility index (Phi) is 3.66. The fourth-order valence-corrected chi connectivity index (χ4v) is 1.86. The van der Waals surface area contributed by atoms with Crippen molar-refractivity contribution in [3.05, 3.63) is 35.2 Å². The Labute approximate surface area is 82.7 Å². The lowest BCUT2D eigenvalue weighted by atomic mass is 10.2. The van der Waals surface area contributed by atoms with Gasteiger partial charge in [0.25, 0.3) is 5.88 Å². The van der Waals surface area contributed by atoms with Crippen molar-refractivity contribution in [2.45, 2.75) is 11.8 Å². The average molecular weight is 193 g/mol. The van der Waals surface area contributed by atoms with Gasteiger partial charge < -0.3 is 9.58 Å². The maximum absolute atomic E-state index is 6.70. The summed E-state index contributed by atoms with van der Waals surface area (Å²) >= 11 is 1.51. The van der Waals surface area contributed by atoms with Crippen molar-refractivity contribution in [3.63, 3.8) is 0 Å². The molecule has 1 rings (SSSR count). The third kappa shape index (κ3) is 2.40. The molecule has 0 aromatic heterocycles. The fourth-order valence-electron chi connectivity index (χ4n) is 1.10. The lowest BCUT2D eigenvalue weighted by Crippen LogP contribution is -1.89. The Morgan fingerprint density at radius 1 is 1.54 bits per heavy atom. The first-order valence-electron chi connectivity index (χ1n) is 3.89. The van der Waals surface area contributed by atoms with E-state index in [2.05, 4.69) is 4.85 Å². The maximum atomic E-state index is 6.70. The molecule has 0 aliphatic heterocycles. The van der Waals surface area contributed by atoms with Gasteiger partial charge in [-0.3, -0.25) is 0 Å². The fraction of sp³-hybridized carbons (Fsp3) is 0.300. The first-order chi connectivity index (χ1) is 6.29. The van der Waals surface area contributed by atoms with Crippen LogP contribution in [0.5, 0.6) is 5.75 Å². The van der Waals surface area contributed by atoms with Crippen LogP contribution in [0.3, 0.4) is 0 Å². The third-order valence-electron chi connectivity index (χ3n) is 1.66. The molecular weight excluding hydrogens is 182 g/mol. The van der Waals surface area contributed by atoms with Gasteiger partial charge in [0.1, 0.15) is 5.75 Å². The van der Waals surface area contributed by atoms with Crippen molar-refractivity contribution in [1.82, 2.24) is 0 Å². The molecule has 0 radical (unpaired) electrons. The Bertz CT molecular complexity index is 330. The summed E-state index contributed by atoms with van der Waals surface area (Å²) in [6.07, 6.45) is 0. The molecule has 2 nitrogen and oxygen atoms in total. The second-order valence-electron chi connectivity index (χ2n) is 2.54. The molecule has 0 saturated heterocycles. The van der Waals surface area contributed by atoms with Crippen LogP contribution in [0.25, 0.3) is 4.85 Å². The highest BCUT2D eigenvalue weighted by atomic mass is 32.2. The van der Waals surface area contributed by atoms with Crippen molar-refractivity contribution >= 4 is 11.8 Å². The number of thioether (sulfide) groups is 1. The third-order valence-corrected chi connectivity index (χ3v) is 2.56. The molecule has 1 aromatic rings. The van der Waals surface area contributed by atoms with E-state index in [0.29, 0.717) is 5.88 Å². The average Bonchev–Trinajstić information content (AvgIpc) is 2.15. The number of para-hydroxylation sites is 1. The molecule has 13 heavy (non-hydrogen) atoms. The topological polar surface area (TPSA) is 13.6 Å². The standard InChI is InChI=1S/C10H11NOS/c1-8-5-4-6-9(10(8)12-3)13-7-11-2/h4-6H,7H2,1,3H3. The molecule has 0 heterocycles. The van der Waals surface area contributed by atoms with Gasteiger partial charge in [0.2, 0.25) is 0 Å². The predicted octanol–water partition coefficient (Wildman–Crippen LogP) is 2.97. The highest BCUT2D eigenvalue weighted by Crippen LogP contribution is 2.31. The number of hydrogen-bond acceptors (Lipinski definition) is 2. The molecule has 3 heteroatoms. The number of benzene rings is 1. The molecule has 0 bridgehead atoms. The molecule has 0 aliphatic rings. The molecule has 1 aromatic carbocycles. The van der Waals surface area contributed by atoms with Crippen LogP contribution in [0.15, 0.2) is 23.1 Å². The van der Waals surface area contributed by atoms with E-state index in [1.807, 2.05) is 25.1 Å². The summed E-state index contributed by atoms with van der Waals surface area (Å²) in [6, 6.07) is 5.95. The SMILES string of the molecule is [C-]#[N+]CSc1cccc(C)c1OC. The zero-order valence-electron chi connectivity index (χ0n) is 7.70. The van der Waals surface area contributed by atoms with Gasteiger partial charge in [-0.1, -0.05) is 12.1 Å². The Morgan fingerprint density at radius 3 is 2.92 bits per heavy atom. The van der Waals surface area contributed by atoms with Crippen LogP contribution < -0.4 is 4.74 Å². The minimum absolute atomic E-state index is 0.444. The summed E-state index contributed by atoms with van der Waals surface area (Å²) in [5.41, 5.74) is 1.11. The molecule has 0 fully saturated rings. The molecular formula is C10H11NOS. The van der Waals surface area contributed by atoms with Crippen LogP contribution in [0.4, 0.5) is 0 Å². The molecule has 68 valence electrons. The Hall–Kier alpha value is -1.14. The number of ether oxygens (including phenoxy) is 1. The van der Waals surface area contributed by atoms with Gasteiger partial charge in [0.15, 0.2) is 0 Å². The van der Waals surface area contributed by atoms with E-state index in [1.165, 1.54) is 11.8 Å². The van der Waals surface area contributed by atoms with Gasteiger partial charge in [-0.05, 0) is 30.3 Å². The molecule has 0 N–H and O–H groups in total. The minimum Gasteiger partial charge on any atom is -0.495 e. The number of rotatable bonds is 3. The van der Waals surface area contributed by atoms with Crippen molar-refractivity contribution in [2.24, 2.45) is 0 Å². The Balaban J connectivity index is 2.93. The van der Waals surface area contributed by atoms with Crippen LogP contribution in [-0.2, 0) is 0 Å². The Morgan fingerprint density at radius 2 is 2.31 bits per heavy atom. The van der Waals surface area contributed by atoms with Crippen molar-refractivity contribution in [3.8, 4) is 5.75 Å². The number of methoxy groups -OCH3 is 1. The summed E-state index contributed by atoms with van der Waals surface area (Å²) < 4.78 is 5.25. The van der Waals surface area contributed by atoms with Gasteiger partial charge >= 0.3 is 0 Å². The molecule has 0 atom stereocenters. The molecule has 0 amide bonds. The highest BCUT2D eigenvalue weighted by molar-refractivity contribution is 7.99. The number of aryl methyl sites for hydroxylation is 1. The minimum atomic E-state index is 0.444. The van der Waals surface area contributed by atoms with E-state index in [-0.39, 0.29) is 0 Å². The van der Waals surface area contributed by atoms with Crippen molar-refractivity contribution in [1.29, 1.82) is 0 Å². The number of hydrogen-bond donors (Lipinski definition) is 0. The smallest absolute Gasteiger partial charge is 0.264 e. The van der Waals surface area contributed by atoms with E-state index in [0.717, 1.165) is 16.2 Å². The lowest BCUT2D eigenvalue weighted by Gasteiger charge is -2.07. The van der Waals surface area contributed by atoms with Gasteiger partial charge in [-0.2, -0.15) is 0 Å². The van der Waals surface area contributed by atoms with Crippen LogP contribution in [0, 0.1) is 13.5 Å². The second kappa shape index (κ2) is 4.78. The van der Waals surface area contributed by atoms with Crippen LogP contribution in [0.1, 0.15) is 5.56 Å². The zero-order chi connectivity index (χ0) is 9.68. The largest absolute Gasteiger partial charge is 0.495 e. The van der Waals surface area contributed by atoms with Gasteiger partial charge in [0.05, 0.1) is 12.0 Å². The van der Waals surface area contributed by atoms with E-state index in [4.69, 9.17) is 11.3 Å². The molecule has 0 unspecified atom stereocenters. The second-order valence-corrected chi connectivity index (χ2v) is 3.52. The van der Waals surface area contributed by atoms with E-state index < -0.39 is 0 Å².